The number of rotatable bonds is 3. The van der Waals surface area contributed by atoms with Crippen molar-refractivity contribution in [3.63, 3.8) is 0 Å². The Labute approximate surface area is 141 Å². The van der Waals surface area contributed by atoms with E-state index in [2.05, 4.69) is 21.2 Å². The third-order valence-corrected chi connectivity index (χ3v) is 4.49. The fourth-order valence-corrected chi connectivity index (χ4v) is 2.78. The first kappa shape index (κ1) is 15.4. The van der Waals surface area contributed by atoms with Crippen LogP contribution in [0.5, 0.6) is 0 Å². The third kappa shape index (κ3) is 2.90. The standard InChI is InChI=1S/C17H13BrN2O3/c1-10-6-7-11(8-14(10)18)19-15(21)9-20-16(22)12-4-2-3-5-13(12)17(20)23/h2-8H,9H2,1H3,(H,19,21). The molecule has 0 spiro atoms. The summed E-state index contributed by atoms with van der Waals surface area (Å²) in [4.78, 5) is 37.5. The fraction of sp³-hybridized carbons (Fsp3) is 0.118. The topological polar surface area (TPSA) is 66.5 Å². The number of halogens is 1. The SMILES string of the molecule is Cc1ccc(NC(=O)CN2C(=O)c3ccccc3C2=O)cc1Br. The second-order valence-corrected chi connectivity index (χ2v) is 6.11. The van der Waals surface area contributed by atoms with Gasteiger partial charge in [-0.15, -0.1) is 0 Å². The summed E-state index contributed by atoms with van der Waals surface area (Å²) in [5.41, 5.74) is 2.32. The van der Waals surface area contributed by atoms with Crippen molar-refractivity contribution in [1.29, 1.82) is 0 Å². The summed E-state index contributed by atoms with van der Waals surface area (Å²) in [5.74, 6) is -1.30. The van der Waals surface area contributed by atoms with Gasteiger partial charge < -0.3 is 5.32 Å². The van der Waals surface area contributed by atoms with Crippen molar-refractivity contribution in [3.8, 4) is 0 Å². The third-order valence-electron chi connectivity index (χ3n) is 3.64. The second kappa shape index (κ2) is 5.96. The summed E-state index contributed by atoms with van der Waals surface area (Å²) in [7, 11) is 0. The zero-order valence-electron chi connectivity index (χ0n) is 12.3. The molecular weight excluding hydrogens is 360 g/mol. The van der Waals surface area contributed by atoms with Crippen LogP contribution in [0.2, 0.25) is 0 Å². The van der Waals surface area contributed by atoms with Crippen molar-refractivity contribution in [2.45, 2.75) is 6.92 Å². The van der Waals surface area contributed by atoms with Gasteiger partial charge in [-0.1, -0.05) is 34.1 Å². The van der Waals surface area contributed by atoms with Crippen molar-refractivity contribution < 1.29 is 14.4 Å². The van der Waals surface area contributed by atoms with E-state index in [9.17, 15) is 14.4 Å². The van der Waals surface area contributed by atoms with Gasteiger partial charge in [0.15, 0.2) is 0 Å². The van der Waals surface area contributed by atoms with Gasteiger partial charge in [-0.3, -0.25) is 19.3 Å². The highest BCUT2D eigenvalue weighted by Crippen LogP contribution is 2.23. The molecule has 5 nitrogen and oxygen atoms in total. The second-order valence-electron chi connectivity index (χ2n) is 5.25. The number of hydrogen-bond acceptors (Lipinski definition) is 3. The van der Waals surface area contributed by atoms with Crippen LogP contribution in [-0.2, 0) is 4.79 Å². The molecule has 0 unspecified atom stereocenters. The number of carbonyl (C=O) groups is 3. The molecule has 6 heteroatoms. The molecule has 2 aromatic rings. The zero-order chi connectivity index (χ0) is 16.6. The number of anilines is 1. The molecule has 0 bridgehead atoms. The highest BCUT2D eigenvalue weighted by Gasteiger charge is 2.36. The van der Waals surface area contributed by atoms with E-state index in [-0.39, 0.29) is 6.54 Å². The summed E-state index contributed by atoms with van der Waals surface area (Å²) in [6.07, 6.45) is 0. The van der Waals surface area contributed by atoms with Crippen LogP contribution >= 0.6 is 15.9 Å². The average Bonchev–Trinajstić information content (AvgIpc) is 2.76. The van der Waals surface area contributed by atoms with Gasteiger partial charge in [-0.2, -0.15) is 0 Å². The Balaban J connectivity index is 1.73. The van der Waals surface area contributed by atoms with Crippen LogP contribution in [-0.4, -0.2) is 29.2 Å². The first-order valence-corrected chi connectivity index (χ1v) is 7.78. The Morgan fingerprint density at radius 3 is 2.26 bits per heavy atom. The van der Waals surface area contributed by atoms with Crippen molar-refractivity contribution in [2.75, 3.05) is 11.9 Å². The van der Waals surface area contributed by atoms with Gasteiger partial charge in [0.25, 0.3) is 11.8 Å². The van der Waals surface area contributed by atoms with E-state index in [4.69, 9.17) is 0 Å². The Bertz CT molecular complexity index is 797. The maximum atomic E-state index is 12.2. The van der Waals surface area contributed by atoms with Crippen molar-refractivity contribution in [3.05, 3.63) is 63.6 Å². The molecule has 3 amide bonds. The highest BCUT2D eigenvalue weighted by atomic mass is 79.9. The minimum Gasteiger partial charge on any atom is -0.324 e. The molecule has 1 heterocycles. The normalized spacial score (nSPS) is 13.2. The summed E-state index contributed by atoms with van der Waals surface area (Å²) < 4.78 is 0.871. The van der Waals surface area contributed by atoms with E-state index in [0.717, 1.165) is 14.9 Å². The first-order chi connectivity index (χ1) is 11.0. The molecule has 0 aliphatic carbocycles. The summed E-state index contributed by atoms with van der Waals surface area (Å²) in [5, 5.41) is 2.69. The van der Waals surface area contributed by atoms with E-state index in [1.54, 1.807) is 36.4 Å². The minimum atomic E-state index is -0.439. The van der Waals surface area contributed by atoms with Crippen LogP contribution in [0.25, 0.3) is 0 Å². The largest absolute Gasteiger partial charge is 0.324 e. The smallest absolute Gasteiger partial charge is 0.262 e. The maximum absolute atomic E-state index is 12.2. The van der Waals surface area contributed by atoms with Crippen LogP contribution in [0.4, 0.5) is 5.69 Å². The molecule has 1 aliphatic heterocycles. The van der Waals surface area contributed by atoms with Gasteiger partial charge in [0, 0.05) is 10.2 Å². The molecule has 0 saturated heterocycles. The van der Waals surface area contributed by atoms with Gasteiger partial charge in [0.05, 0.1) is 11.1 Å². The average molecular weight is 373 g/mol. The lowest BCUT2D eigenvalue weighted by molar-refractivity contribution is -0.116. The molecule has 2 aromatic carbocycles. The van der Waals surface area contributed by atoms with E-state index < -0.39 is 17.7 Å². The molecule has 3 rings (SSSR count). The summed E-state index contributed by atoms with van der Waals surface area (Å²) in [6, 6.07) is 12.0. The molecule has 23 heavy (non-hydrogen) atoms. The van der Waals surface area contributed by atoms with Crippen LogP contribution in [0.15, 0.2) is 46.9 Å². The van der Waals surface area contributed by atoms with E-state index in [1.165, 1.54) is 0 Å². The molecule has 0 atom stereocenters. The monoisotopic (exact) mass is 372 g/mol. The quantitative estimate of drug-likeness (QED) is 0.842. The Morgan fingerprint density at radius 2 is 1.70 bits per heavy atom. The van der Waals surface area contributed by atoms with Gasteiger partial charge in [-0.25, -0.2) is 0 Å². The summed E-state index contributed by atoms with van der Waals surface area (Å²) in [6.45, 7) is 1.63. The molecule has 0 aromatic heterocycles. The number of amides is 3. The van der Waals surface area contributed by atoms with Gasteiger partial charge in [-0.05, 0) is 36.8 Å². The number of nitrogens with zero attached hydrogens (tertiary/aromatic N) is 1. The number of fused-ring (bicyclic) bond motifs is 1. The van der Waals surface area contributed by atoms with Crippen LogP contribution < -0.4 is 5.32 Å². The molecule has 116 valence electrons. The maximum Gasteiger partial charge on any atom is 0.262 e. The molecule has 1 N–H and O–H groups in total. The molecule has 1 aliphatic rings. The molecule has 0 fully saturated rings. The van der Waals surface area contributed by atoms with Gasteiger partial charge >= 0.3 is 0 Å². The molecule has 0 radical (unpaired) electrons. The zero-order valence-corrected chi connectivity index (χ0v) is 13.9. The van der Waals surface area contributed by atoms with E-state index in [1.807, 2.05) is 13.0 Å². The number of aryl methyl sites for hydroxylation is 1. The lowest BCUT2D eigenvalue weighted by atomic mass is 10.1. The van der Waals surface area contributed by atoms with Crippen LogP contribution in [0.1, 0.15) is 26.3 Å². The first-order valence-electron chi connectivity index (χ1n) is 6.98. The number of imide groups is 1. The minimum absolute atomic E-state index is 0.308. The number of nitrogens with one attached hydrogen (secondary N) is 1. The lowest BCUT2D eigenvalue weighted by Crippen LogP contribution is -2.37. The molecular formula is C17H13BrN2O3. The number of hydrogen-bond donors (Lipinski definition) is 1. The predicted octanol–water partition coefficient (Wildman–Crippen LogP) is 2.99. The summed E-state index contributed by atoms with van der Waals surface area (Å²) >= 11 is 3.39. The van der Waals surface area contributed by atoms with Gasteiger partial charge in [0.1, 0.15) is 6.54 Å². The lowest BCUT2D eigenvalue weighted by Gasteiger charge is -2.14. The highest BCUT2D eigenvalue weighted by molar-refractivity contribution is 9.10. The number of benzene rings is 2. The Hall–Kier alpha value is -2.47. The van der Waals surface area contributed by atoms with Crippen LogP contribution in [0.3, 0.4) is 0 Å². The fourth-order valence-electron chi connectivity index (χ4n) is 2.40. The van der Waals surface area contributed by atoms with E-state index in [0.29, 0.717) is 16.8 Å². The van der Waals surface area contributed by atoms with Crippen molar-refractivity contribution in [2.24, 2.45) is 0 Å². The van der Waals surface area contributed by atoms with Crippen molar-refractivity contribution >= 4 is 39.3 Å². The van der Waals surface area contributed by atoms with Crippen molar-refractivity contribution in [1.82, 2.24) is 4.90 Å². The van der Waals surface area contributed by atoms with Crippen LogP contribution in [0, 0.1) is 6.92 Å². The molecule has 0 saturated carbocycles. The Kier molecular flexibility index (Phi) is 4.00. The van der Waals surface area contributed by atoms with Gasteiger partial charge in [0.2, 0.25) is 5.91 Å². The predicted molar refractivity (Wildman–Crippen MR) is 89.3 cm³/mol. The Morgan fingerprint density at radius 1 is 1.09 bits per heavy atom. The van der Waals surface area contributed by atoms with E-state index >= 15 is 0 Å². The number of carbonyl (C=O) groups excluding carboxylic acids is 3.